The van der Waals surface area contributed by atoms with E-state index in [1.807, 2.05) is 0 Å². The van der Waals surface area contributed by atoms with E-state index in [1.165, 1.54) is 6.07 Å². The standard InChI is InChI=1S/C17H14FN3O2/c1-10-3-8-14(9-15(10)18)20-16(22)12-4-6-13(7-5-12)17-19-11(2)21-23-17/h3-9H,1-2H3,(H,20,22). The molecule has 3 aromatic rings. The topological polar surface area (TPSA) is 68.0 Å². The first-order valence-electron chi connectivity index (χ1n) is 7.01. The summed E-state index contributed by atoms with van der Waals surface area (Å²) in [5.41, 5.74) is 2.12. The molecule has 1 amide bonds. The molecule has 6 heteroatoms. The van der Waals surface area contributed by atoms with Crippen LogP contribution in [-0.4, -0.2) is 16.0 Å². The molecule has 0 aliphatic heterocycles. The van der Waals surface area contributed by atoms with Crippen molar-refractivity contribution in [3.05, 3.63) is 65.2 Å². The number of halogens is 1. The average molecular weight is 311 g/mol. The lowest BCUT2D eigenvalue weighted by atomic mass is 10.1. The molecule has 0 saturated carbocycles. The van der Waals surface area contributed by atoms with Gasteiger partial charge in [0.2, 0.25) is 0 Å². The van der Waals surface area contributed by atoms with Gasteiger partial charge in [-0.1, -0.05) is 11.2 Å². The van der Waals surface area contributed by atoms with Crippen LogP contribution >= 0.6 is 0 Å². The maximum absolute atomic E-state index is 13.5. The first-order chi connectivity index (χ1) is 11.0. The highest BCUT2D eigenvalue weighted by Crippen LogP contribution is 2.19. The lowest BCUT2D eigenvalue weighted by molar-refractivity contribution is 0.102. The van der Waals surface area contributed by atoms with Gasteiger partial charge in [0.05, 0.1) is 0 Å². The molecule has 2 aromatic carbocycles. The van der Waals surface area contributed by atoms with Crippen LogP contribution in [0.25, 0.3) is 11.5 Å². The third-order valence-electron chi connectivity index (χ3n) is 3.35. The van der Waals surface area contributed by atoms with Gasteiger partial charge >= 0.3 is 0 Å². The molecule has 0 radical (unpaired) electrons. The minimum atomic E-state index is -0.357. The summed E-state index contributed by atoms with van der Waals surface area (Å²) in [6.45, 7) is 3.40. The lowest BCUT2D eigenvalue weighted by Crippen LogP contribution is -2.12. The molecule has 0 spiro atoms. The Kier molecular flexibility index (Phi) is 3.89. The van der Waals surface area contributed by atoms with E-state index in [-0.39, 0.29) is 11.7 Å². The van der Waals surface area contributed by atoms with Gasteiger partial charge < -0.3 is 9.84 Å². The van der Waals surface area contributed by atoms with Crippen LogP contribution in [-0.2, 0) is 0 Å². The van der Waals surface area contributed by atoms with Crippen LogP contribution in [0.5, 0.6) is 0 Å². The normalized spacial score (nSPS) is 10.6. The summed E-state index contributed by atoms with van der Waals surface area (Å²) in [4.78, 5) is 16.3. The van der Waals surface area contributed by atoms with E-state index in [0.717, 1.165) is 5.56 Å². The SMILES string of the molecule is Cc1noc(-c2ccc(C(=O)Nc3ccc(C)c(F)c3)cc2)n1. The predicted molar refractivity (Wildman–Crippen MR) is 83.6 cm³/mol. The van der Waals surface area contributed by atoms with Gasteiger partial charge in [-0.15, -0.1) is 0 Å². The van der Waals surface area contributed by atoms with E-state index in [1.54, 1.807) is 50.2 Å². The van der Waals surface area contributed by atoms with Crippen molar-refractivity contribution in [1.82, 2.24) is 10.1 Å². The van der Waals surface area contributed by atoms with Gasteiger partial charge in [-0.25, -0.2) is 4.39 Å². The second kappa shape index (κ2) is 6.00. The van der Waals surface area contributed by atoms with Gasteiger partial charge in [0.15, 0.2) is 5.82 Å². The summed E-state index contributed by atoms with van der Waals surface area (Å²) in [7, 11) is 0. The molecule has 0 unspecified atom stereocenters. The van der Waals surface area contributed by atoms with Crippen molar-refractivity contribution in [3.8, 4) is 11.5 Å². The summed E-state index contributed by atoms with van der Waals surface area (Å²) in [5.74, 6) is 0.268. The Morgan fingerprint density at radius 1 is 1.13 bits per heavy atom. The Morgan fingerprint density at radius 2 is 1.87 bits per heavy atom. The fourth-order valence-electron chi connectivity index (χ4n) is 2.05. The van der Waals surface area contributed by atoms with E-state index in [9.17, 15) is 9.18 Å². The molecule has 0 aliphatic rings. The molecule has 23 heavy (non-hydrogen) atoms. The lowest BCUT2D eigenvalue weighted by Gasteiger charge is -2.06. The predicted octanol–water partition coefficient (Wildman–Crippen LogP) is 3.74. The van der Waals surface area contributed by atoms with Crippen LogP contribution in [0.1, 0.15) is 21.7 Å². The van der Waals surface area contributed by atoms with Crippen molar-refractivity contribution in [2.24, 2.45) is 0 Å². The van der Waals surface area contributed by atoms with Crippen molar-refractivity contribution < 1.29 is 13.7 Å². The van der Waals surface area contributed by atoms with Gasteiger partial charge in [-0.05, 0) is 55.8 Å². The number of rotatable bonds is 3. The molecule has 0 atom stereocenters. The minimum absolute atomic E-state index is 0.318. The van der Waals surface area contributed by atoms with Crippen molar-refractivity contribution in [1.29, 1.82) is 0 Å². The van der Waals surface area contributed by atoms with E-state index >= 15 is 0 Å². The summed E-state index contributed by atoms with van der Waals surface area (Å²) < 4.78 is 18.6. The number of carbonyl (C=O) groups is 1. The zero-order valence-electron chi connectivity index (χ0n) is 12.6. The fourth-order valence-corrected chi connectivity index (χ4v) is 2.05. The first-order valence-corrected chi connectivity index (χ1v) is 7.01. The second-order valence-corrected chi connectivity index (χ2v) is 5.14. The van der Waals surface area contributed by atoms with Crippen molar-refractivity contribution >= 4 is 11.6 Å². The van der Waals surface area contributed by atoms with E-state index in [4.69, 9.17) is 4.52 Å². The number of aryl methyl sites for hydroxylation is 2. The van der Waals surface area contributed by atoms with E-state index < -0.39 is 0 Å². The number of amides is 1. The third-order valence-corrected chi connectivity index (χ3v) is 3.35. The summed E-state index contributed by atoms with van der Waals surface area (Å²) in [6.07, 6.45) is 0. The van der Waals surface area contributed by atoms with E-state index in [0.29, 0.717) is 28.5 Å². The molecule has 0 fully saturated rings. The van der Waals surface area contributed by atoms with Crippen LogP contribution in [0.2, 0.25) is 0 Å². The zero-order chi connectivity index (χ0) is 16.4. The maximum Gasteiger partial charge on any atom is 0.257 e. The Morgan fingerprint density at radius 3 is 2.48 bits per heavy atom. The molecule has 1 heterocycles. The van der Waals surface area contributed by atoms with Crippen molar-refractivity contribution in [3.63, 3.8) is 0 Å². The number of carbonyl (C=O) groups excluding carboxylic acids is 1. The number of nitrogens with zero attached hydrogens (tertiary/aromatic N) is 2. The second-order valence-electron chi connectivity index (χ2n) is 5.14. The van der Waals surface area contributed by atoms with Crippen molar-refractivity contribution in [2.75, 3.05) is 5.32 Å². The Hall–Kier alpha value is -3.02. The number of hydrogen-bond acceptors (Lipinski definition) is 4. The molecule has 1 N–H and O–H groups in total. The number of anilines is 1. The fraction of sp³-hybridized carbons (Fsp3) is 0.118. The average Bonchev–Trinajstić information content (AvgIpc) is 2.97. The van der Waals surface area contributed by atoms with Gasteiger partial charge in [0.25, 0.3) is 11.8 Å². The Balaban J connectivity index is 1.76. The maximum atomic E-state index is 13.5. The van der Waals surface area contributed by atoms with E-state index in [2.05, 4.69) is 15.5 Å². The highest BCUT2D eigenvalue weighted by Gasteiger charge is 2.10. The molecular formula is C17H14FN3O2. The zero-order valence-corrected chi connectivity index (χ0v) is 12.6. The van der Waals surface area contributed by atoms with Gasteiger partial charge in [-0.3, -0.25) is 4.79 Å². The monoisotopic (exact) mass is 311 g/mol. The molecule has 116 valence electrons. The molecule has 1 aromatic heterocycles. The molecule has 0 bridgehead atoms. The smallest absolute Gasteiger partial charge is 0.257 e. The Labute approximate surface area is 132 Å². The van der Waals surface area contributed by atoms with Crippen LogP contribution < -0.4 is 5.32 Å². The largest absolute Gasteiger partial charge is 0.334 e. The highest BCUT2D eigenvalue weighted by molar-refractivity contribution is 6.04. The molecule has 3 rings (SSSR count). The third kappa shape index (κ3) is 3.26. The highest BCUT2D eigenvalue weighted by atomic mass is 19.1. The van der Waals surface area contributed by atoms with Crippen LogP contribution in [0, 0.1) is 19.7 Å². The minimum Gasteiger partial charge on any atom is -0.334 e. The molecule has 5 nitrogen and oxygen atoms in total. The molecule has 0 aliphatic carbocycles. The van der Waals surface area contributed by atoms with Crippen molar-refractivity contribution in [2.45, 2.75) is 13.8 Å². The van der Waals surface area contributed by atoms with Crippen LogP contribution in [0.3, 0.4) is 0 Å². The summed E-state index contributed by atoms with van der Waals surface area (Å²) in [6, 6.07) is 11.3. The molecular weight excluding hydrogens is 297 g/mol. The Bertz CT molecular complexity index is 857. The van der Waals surface area contributed by atoms with Gasteiger partial charge in [0.1, 0.15) is 5.82 Å². The van der Waals surface area contributed by atoms with Gasteiger partial charge in [0, 0.05) is 16.8 Å². The summed E-state index contributed by atoms with van der Waals surface area (Å²) in [5, 5.41) is 6.38. The van der Waals surface area contributed by atoms with Crippen LogP contribution in [0.15, 0.2) is 47.0 Å². The number of benzene rings is 2. The first kappa shape index (κ1) is 14.9. The summed E-state index contributed by atoms with van der Waals surface area (Å²) >= 11 is 0. The number of nitrogens with one attached hydrogen (secondary N) is 1. The quantitative estimate of drug-likeness (QED) is 0.800. The van der Waals surface area contributed by atoms with Crippen LogP contribution in [0.4, 0.5) is 10.1 Å². The molecule has 0 saturated heterocycles. The van der Waals surface area contributed by atoms with Gasteiger partial charge in [-0.2, -0.15) is 4.98 Å². The number of aromatic nitrogens is 2. The number of hydrogen-bond donors (Lipinski definition) is 1.